The Morgan fingerprint density at radius 1 is 1.56 bits per heavy atom. The molecule has 1 heterocycles. The monoisotopic (exact) mass is 227 g/mol. The van der Waals surface area contributed by atoms with Crippen LogP contribution in [0.5, 0.6) is 0 Å². The van der Waals surface area contributed by atoms with Crippen LogP contribution in [-0.2, 0) is 4.79 Å². The summed E-state index contributed by atoms with van der Waals surface area (Å²) in [4.78, 5) is 16.1. The molecule has 0 saturated carbocycles. The topological polar surface area (TPSA) is 49.6 Å². The number of carbonyl (C=O) groups is 1. The molecular weight excluding hydrogens is 202 g/mol. The van der Waals surface area contributed by atoms with Crippen LogP contribution in [0.2, 0.25) is 0 Å². The van der Waals surface area contributed by atoms with Crippen LogP contribution in [-0.4, -0.2) is 54.5 Å². The van der Waals surface area contributed by atoms with Crippen molar-refractivity contribution in [3.8, 4) is 0 Å². The smallest absolute Gasteiger partial charge is 0.239 e. The maximum Gasteiger partial charge on any atom is 0.239 e. The maximum atomic E-state index is 11.8. The van der Waals surface area contributed by atoms with Crippen molar-refractivity contribution in [1.29, 1.82) is 0 Å². The van der Waals surface area contributed by atoms with Gasteiger partial charge in [-0.25, -0.2) is 0 Å². The molecule has 2 N–H and O–H groups in total. The number of nitrogens with two attached hydrogens (primary N) is 1. The number of nitrogens with zero attached hydrogens (tertiary/aromatic N) is 2. The summed E-state index contributed by atoms with van der Waals surface area (Å²) < 4.78 is 0. The van der Waals surface area contributed by atoms with Crippen LogP contribution < -0.4 is 5.73 Å². The number of carbonyl (C=O) groups excluding carboxylic acids is 1. The van der Waals surface area contributed by atoms with Gasteiger partial charge in [-0.2, -0.15) is 0 Å². The first-order valence-electron chi connectivity index (χ1n) is 6.30. The molecule has 1 amide bonds. The van der Waals surface area contributed by atoms with E-state index in [1.54, 1.807) is 6.92 Å². The maximum absolute atomic E-state index is 11.8. The Morgan fingerprint density at radius 3 is 2.75 bits per heavy atom. The molecule has 16 heavy (non-hydrogen) atoms. The lowest BCUT2D eigenvalue weighted by Gasteiger charge is -2.36. The fourth-order valence-electron chi connectivity index (χ4n) is 2.29. The van der Waals surface area contributed by atoms with Gasteiger partial charge in [0.1, 0.15) is 0 Å². The molecule has 1 saturated heterocycles. The first-order chi connectivity index (χ1) is 7.56. The van der Waals surface area contributed by atoms with Crippen molar-refractivity contribution in [2.75, 3.05) is 26.7 Å². The van der Waals surface area contributed by atoms with Crippen LogP contribution in [0, 0.1) is 0 Å². The number of amides is 1. The van der Waals surface area contributed by atoms with Crippen LogP contribution in [0.4, 0.5) is 0 Å². The zero-order valence-electron chi connectivity index (χ0n) is 10.8. The highest BCUT2D eigenvalue weighted by Crippen LogP contribution is 2.16. The van der Waals surface area contributed by atoms with Crippen molar-refractivity contribution in [2.45, 2.75) is 45.2 Å². The van der Waals surface area contributed by atoms with E-state index in [2.05, 4.69) is 11.9 Å². The first-order valence-corrected chi connectivity index (χ1v) is 6.30. The SMILES string of the molecule is CCN(C[C@@H]1CCCCN1C)C(=O)C(C)N. The van der Waals surface area contributed by atoms with Crippen molar-refractivity contribution in [1.82, 2.24) is 9.80 Å². The van der Waals surface area contributed by atoms with Crippen molar-refractivity contribution in [3.63, 3.8) is 0 Å². The van der Waals surface area contributed by atoms with Gasteiger partial charge in [0.25, 0.3) is 0 Å². The van der Waals surface area contributed by atoms with Gasteiger partial charge in [0.2, 0.25) is 5.91 Å². The second kappa shape index (κ2) is 6.21. The minimum Gasteiger partial charge on any atom is -0.340 e. The van der Waals surface area contributed by atoms with E-state index in [-0.39, 0.29) is 11.9 Å². The van der Waals surface area contributed by atoms with Crippen molar-refractivity contribution >= 4 is 5.91 Å². The summed E-state index contributed by atoms with van der Waals surface area (Å²) in [6.07, 6.45) is 3.75. The van der Waals surface area contributed by atoms with Crippen molar-refractivity contribution in [2.24, 2.45) is 5.73 Å². The number of piperidine rings is 1. The van der Waals surface area contributed by atoms with E-state index in [4.69, 9.17) is 5.73 Å². The molecule has 0 aliphatic carbocycles. The summed E-state index contributed by atoms with van der Waals surface area (Å²) in [7, 11) is 2.15. The van der Waals surface area contributed by atoms with Crippen LogP contribution in [0.15, 0.2) is 0 Å². The summed E-state index contributed by atoms with van der Waals surface area (Å²) in [5.74, 6) is 0.0708. The highest BCUT2D eigenvalue weighted by molar-refractivity contribution is 5.81. The third-order valence-corrected chi connectivity index (χ3v) is 3.44. The van der Waals surface area contributed by atoms with Crippen molar-refractivity contribution in [3.05, 3.63) is 0 Å². The number of likely N-dealkylation sites (tertiary alicyclic amines) is 1. The van der Waals surface area contributed by atoms with Crippen LogP contribution in [0.25, 0.3) is 0 Å². The summed E-state index contributed by atoms with van der Waals surface area (Å²) >= 11 is 0. The van der Waals surface area contributed by atoms with Crippen LogP contribution in [0.3, 0.4) is 0 Å². The molecular formula is C12H25N3O. The van der Waals surface area contributed by atoms with E-state index in [1.165, 1.54) is 19.3 Å². The predicted molar refractivity (Wildman–Crippen MR) is 66.2 cm³/mol. The molecule has 0 radical (unpaired) electrons. The van der Waals surface area contributed by atoms with Gasteiger partial charge in [0.15, 0.2) is 0 Å². The lowest BCUT2D eigenvalue weighted by atomic mass is 10.0. The van der Waals surface area contributed by atoms with E-state index < -0.39 is 0 Å². The second-order valence-corrected chi connectivity index (χ2v) is 4.80. The number of likely N-dealkylation sites (N-methyl/N-ethyl adjacent to an activating group) is 2. The zero-order valence-corrected chi connectivity index (χ0v) is 10.8. The fraction of sp³-hybridized carbons (Fsp3) is 0.917. The van der Waals surface area contributed by atoms with Gasteiger partial charge in [-0.05, 0) is 40.3 Å². The Hall–Kier alpha value is -0.610. The molecule has 4 nitrogen and oxygen atoms in total. The minimum atomic E-state index is -0.381. The van der Waals surface area contributed by atoms with Gasteiger partial charge in [-0.3, -0.25) is 4.79 Å². The van der Waals surface area contributed by atoms with Crippen LogP contribution >= 0.6 is 0 Å². The molecule has 4 heteroatoms. The molecule has 1 rings (SSSR count). The average Bonchev–Trinajstić information content (AvgIpc) is 2.27. The normalized spacial score (nSPS) is 24.1. The Bertz CT molecular complexity index is 230. The molecule has 1 aliphatic rings. The lowest BCUT2D eigenvalue weighted by molar-refractivity contribution is -0.132. The average molecular weight is 227 g/mol. The van der Waals surface area contributed by atoms with Crippen molar-refractivity contribution < 1.29 is 4.79 Å². The number of rotatable bonds is 4. The zero-order chi connectivity index (χ0) is 12.1. The Morgan fingerprint density at radius 2 is 2.25 bits per heavy atom. The molecule has 0 aromatic rings. The van der Waals surface area contributed by atoms with Gasteiger partial charge in [0.05, 0.1) is 6.04 Å². The molecule has 1 fully saturated rings. The Kier molecular flexibility index (Phi) is 5.22. The van der Waals surface area contributed by atoms with E-state index in [0.717, 1.165) is 19.6 Å². The van der Waals surface area contributed by atoms with Gasteiger partial charge in [0, 0.05) is 19.1 Å². The molecule has 0 spiro atoms. The first kappa shape index (κ1) is 13.5. The number of hydrogen-bond donors (Lipinski definition) is 1. The summed E-state index contributed by atoms with van der Waals surface area (Å²) in [5, 5.41) is 0. The third kappa shape index (κ3) is 3.46. The fourth-order valence-corrected chi connectivity index (χ4v) is 2.29. The van der Waals surface area contributed by atoms with E-state index in [9.17, 15) is 4.79 Å². The lowest BCUT2D eigenvalue weighted by Crippen LogP contribution is -2.50. The number of hydrogen-bond acceptors (Lipinski definition) is 3. The highest BCUT2D eigenvalue weighted by atomic mass is 16.2. The van der Waals surface area contributed by atoms with E-state index in [1.807, 2.05) is 11.8 Å². The largest absolute Gasteiger partial charge is 0.340 e. The van der Waals surface area contributed by atoms with Gasteiger partial charge >= 0.3 is 0 Å². The summed E-state index contributed by atoms with van der Waals surface area (Å²) in [6, 6.07) is 0.130. The second-order valence-electron chi connectivity index (χ2n) is 4.80. The molecule has 1 aliphatic heterocycles. The molecule has 0 aromatic heterocycles. The summed E-state index contributed by atoms with van der Waals surface area (Å²) in [6.45, 7) is 6.51. The Labute approximate surface area is 98.8 Å². The predicted octanol–water partition coefficient (Wildman–Crippen LogP) is 0.666. The van der Waals surface area contributed by atoms with Gasteiger partial charge in [-0.1, -0.05) is 6.42 Å². The molecule has 1 unspecified atom stereocenters. The van der Waals surface area contributed by atoms with Gasteiger partial charge < -0.3 is 15.5 Å². The molecule has 2 atom stereocenters. The van der Waals surface area contributed by atoms with E-state index in [0.29, 0.717) is 6.04 Å². The molecule has 94 valence electrons. The highest BCUT2D eigenvalue weighted by Gasteiger charge is 2.24. The van der Waals surface area contributed by atoms with E-state index >= 15 is 0 Å². The van der Waals surface area contributed by atoms with Gasteiger partial charge in [-0.15, -0.1) is 0 Å². The molecule has 0 bridgehead atoms. The minimum absolute atomic E-state index is 0.0708. The third-order valence-electron chi connectivity index (χ3n) is 3.44. The van der Waals surface area contributed by atoms with Crippen LogP contribution in [0.1, 0.15) is 33.1 Å². The standard InChI is InChI=1S/C12H25N3O/c1-4-15(12(16)10(2)13)9-11-7-5-6-8-14(11)3/h10-11H,4-9,13H2,1-3H3/t10?,11-/m0/s1. The summed E-state index contributed by atoms with van der Waals surface area (Å²) in [5.41, 5.74) is 5.65. The Balaban J connectivity index is 2.51. The molecule has 0 aromatic carbocycles. The quantitative estimate of drug-likeness (QED) is 0.768.